The predicted octanol–water partition coefficient (Wildman–Crippen LogP) is 0.511. The van der Waals surface area contributed by atoms with Crippen molar-refractivity contribution in [2.75, 3.05) is 13.1 Å². The number of guanidine groups is 1. The molecule has 1 fully saturated rings. The summed E-state index contributed by atoms with van der Waals surface area (Å²) in [6, 6.07) is 0. The minimum Gasteiger partial charge on any atom is -0.342 e. The Morgan fingerprint density at radius 3 is 2.38 bits per heavy atom. The van der Waals surface area contributed by atoms with Crippen LogP contribution in [0.1, 0.15) is 32.6 Å². The van der Waals surface area contributed by atoms with Gasteiger partial charge in [0.05, 0.1) is 0 Å². The molecule has 5 nitrogen and oxygen atoms in total. The molecule has 0 spiro atoms. The molecule has 2 aliphatic rings. The second-order valence-electron chi connectivity index (χ2n) is 4.39. The number of carbonyl (C=O) groups is 2. The molecule has 5 heteroatoms. The summed E-state index contributed by atoms with van der Waals surface area (Å²) in [5, 5.41) is 2.71. The van der Waals surface area contributed by atoms with E-state index in [1.54, 1.807) is 6.92 Å². The number of likely N-dealkylation sites (tertiary alicyclic amines) is 1. The van der Waals surface area contributed by atoms with Gasteiger partial charge in [0, 0.05) is 13.1 Å². The molecule has 0 bridgehead atoms. The summed E-state index contributed by atoms with van der Waals surface area (Å²) in [6.45, 7) is 3.34. The van der Waals surface area contributed by atoms with Crippen LogP contribution in [0.4, 0.5) is 0 Å². The summed E-state index contributed by atoms with van der Waals surface area (Å²) in [5.74, 6) is -0.757. The topological polar surface area (TPSA) is 61.8 Å². The molecule has 2 aliphatic heterocycles. The molecule has 0 radical (unpaired) electrons. The van der Waals surface area contributed by atoms with Crippen LogP contribution in [0, 0.1) is 5.92 Å². The third kappa shape index (κ3) is 2.23. The molecule has 0 aromatic carbocycles. The minimum atomic E-state index is -0.643. The normalized spacial score (nSPS) is 27.2. The molecule has 0 aliphatic carbocycles. The van der Waals surface area contributed by atoms with Gasteiger partial charge in [-0.3, -0.25) is 14.9 Å². The van der Waals surface area contributed by atoms with Crippen LogP contribution in [0.25, 0.3) is 0 Å². The lowest BCUT2D eigenvalue weighted by molar-refractivity contribution is -0.132. The maximum atomic E-state index is 11.5. The highest BCUT2D eigenvalue weighted by molar-refractivity contribution is 6.14. The van der Waals surface area contributed by atoms with Gasteiger partial charge in [-0.05, 0) is 19.8 Å². The van der Waals surface area contributed by atoms with Gasteiger partial charge in [-0.25, -0.2) is 0 Å². The van der Waals surface area contributed by atoms with Gasteiger partial charge in [0.1, 0.15) is 5.92 Å². The van der Waals surface area contributed by atoms with Crippen LogP contribution >= 0.6 is 0 Å². The first-order chi connectivity index (χ1) is 7.68. The van der Waals surface area contributed by atoms with Crippen molar-refractivity contribution in [3.05, 3.63) is 0 Å². The van der Waals surface area contributed by atoms with Gasteiger partial charge < -0.3 is 4.90 Å². The van der Waals surface area contributed by atoms with Gasteiger partial charge in [-0.2, -0.15) is 4.99 Å². The van der Waals surface area contributed by atoms with Gasteiger partial charge in [0.15, 0.2) is 0 Å². The Bertz CT molecular complexity index is 330. The highest BCUT2D eigenvalue weighted by atomic mass is 16.2. The summed E-state index contributed by atoms with van der Waals surface area (Å²) in [4.78, 5) is 28.9. The molecular weight excluding hydrogens is 206 g/mol. The van der Waals surface area contributed by atoms with Gasteiger partial charge in [0.2, 0.25) is 11.9 Å². The molecule has 1 atom stereocenters. The Morgan fingerprint density at radius 1 is 1.19 bits per heavy atom. The van der Waals surface area contributed by atoms with Crippen LogP contribution in [0.5, 0.6) is 0 Å². The Morgan fingerprint density at radius 2 is 1.81 bits per heavy atom. The second-order valence-corrected chi connectivity index (χ2v) is 4.39. The van der Waals surface area contributed by atoms with Crippen LogP contribution in [0.3, 0.4) is 0 Å². The Hall–Kier alpha value is -1.39. The summed E-state index contributed by atoms with van der Waals surface area (Å²) in [5.41, 5.74) is 0. The standard InChI is InChI=1S/C11H17N3O2/c1-8-9(15)12-11(13-10(8)16)14-6-4-2-3-5-7-14/h8H,2-7H2,1H3,(H,12,13,15,16). The third-order valence-electron chi connectivity index (χ3n) is 3.12. The van der Waals surface area contributed by atoms with E-state index >= 15 is 0 Å². The predicted molar refractivity (Wildman–Crippen MR) is 59.8 cm³/mol. The van der Waals surface area contributed by atoms with E-state index in [4.69, 9.17) is 0 Å². The fraction of sp³-hybridized carbons (Fsp3) is 0.727. The molecule has 2 amide bonds. The molecular formula is C11H17N3O2. The lowest BCUT2D eigenvalue weighted by Crippen LogP contribution is -2.51. The maximum Gasteiger partial charge on any atom is 0.261 e. The summed E-state index contributed by atoms with van der Waals surface area (Å²) < 4.78 is 0. The van der Waals surface area contributed by atoms with E-state index in [0.717, 1.165) is 25.9 Å². The van der Waals surface area contributed by atoms with Gasteiger partial charge >= 0.3 is 0 Å². The molecule has 1 saturated heterocycles. The van der Waals surface area contributed by atoms with Crippen molar-refractivity contribution in [3.8, 4) is 0 Å². The molecule has 0 aromatic heterocycles. The summed E-state index contributed by atoms with van der Waals surface area (Å²) >= 11 is 0. The number of hydrogen-bond acceptors (Lipinski definition) is 3. The molecule has 1 N–H and O–H groups in total. The maximum absolute atomic E-state index is 11.5. The van der Waals surface area contributed by atoms with E-state index in [9.17, 15) is 9.59 Å². The van der Waals surface area contributed by atoms with E-state index in [0.29, 0.717) is 5.96 Å². The van der Waals surface area contributed by atoms with Crippen LogP contribution < -0.4 is 5.32 Å². The largest absolute Gasteiger partial charge is 0.342 e. The van der Waals surface area contributed by atoms with Gasteiger partial charge in [-0.15, -0.1) is 0 Å². The number of amides is 2. The zero-order valence-electron chi connectivity index (χ0n) is 9.53. The first-order valence-corrected chi connectivity index (χ1v) is 5.87. The van der Waals surface area contributed by atoms with Crippen molar-refractivity contribution in [2.45, 2.75) is 32.6 Å². The molecule has 0 aromatic rings. The van der Waals surface area contributed by atoms with E-state index in [-0.39, 0.29) is 11.8 Å². The highest BCUT2D eigenvalue weighted by Gasteiger charge is 2.29. The van der Waals surface area contributed by atoms with E-state index in [2.05, 4.69) is 10.3 Å². The Kier molecular flexibility index (Phi) is 3.22. The van der Waals surface area contributed by atoms with Crippen LogP contribution in [0.15, 0.2) is 4.99 Å². The fourth-order valence-corrected chi connectivity index (χ4v) is 1.99. The SMILES string of the molecule is CC1C(=O)N=C(N2CCCCCC2)NC1=O. The number of aliphatic imine (C=N–C) groups is 1. The summed E-state index contributed by atoms with van der Waals surface area (Å²) in [7, 11) is 0. The minimum absolute atomic E-state index is 0.237. The Labute approximate surface area is 94.9 Å². The fourth-order valence-electron chi connectivity index (χ4n) is 1.99. The highest BCUT2D eigenvalue weighted by Crippen LogP contribution is 2.12. The van der Waals surface area contributed by atoms with Crippen molar-refractivity contribution < 1.29 is 9.59 Å². The van der Waals surface area contributed by atoms with Crippen molar-refractivity contribution in [2.24, 2.45) is 10.9 Å². The monoisotopic (exact) mass is 223 g/mol. The van der Waals surface area contributed by atoms with Crippen molar-refractivity contribution in [3.63, 3.8) is 0 Å². The van der Waals surface area contributed by atoms with E-state index in [1.165, 1.54) is 12.8 Å². The number of rotatable bonds is 0. The molecule has 1 unspecified atom stereocenters. The third-order valence-corrected chi connectivity index (χ3v) is 3.12. The smallest absolute Gasteiger partial charge is 0.261 e. The van der Waals surface area contributed by atoms with Gasteiger partial charge in [0.25, 0.3) is 5.91 Å². The number of hydrogen-bond donors (Lipinski definition) is 1. The lowest BCUT2D eigenvalue weighted by Gasteiger charge is -2.27. The van der Waals surface area contributed by atoms with Crippen LogP contribution in [-0.2, 0) is 9.59 Å². The molecule has 0 saturated carbocycles. The lowest BCUT2D eigenvalue weighted by atomic mass is 10.1. The average molecular weight is 223 g/mol. The van der Waals surface area contributed by atoms with Crippen molar-refractivity contribution in [1.29, 1.82) is 0 Å². The van der Waals surface area contributed by atoms with Gasteiger partial charge in [-0.1, -0.05) is 12.8 Å². The second kappa shape index (κ2) is 4.63. The van der Waals surface area contributed by atoms with Crippen molar-refractivity contribution in [1.82, 2.24) is 10.2 Å². The molecule has 88 valence electrons. The van der Waals surface area contributed by atoms with Crippen LogP contribution in [0.2, 0.25) is 0 Å². The first-order valence-electron chi connectivity index (χ1n) is 5.87. The zero-order chi connectivity index (χ0) is 11.5. The average Bonchev–Trinajstić information content (AvgIpc) is 2.53. The van der Waals surface area contributed by atoms with Crippen molar-refractivity contribution >= 4 is 17.8 Å². The number of nitrogens with zero attached hydrogens (tertiary/aromatic N) is 2. The number of nitrogens with one attached hydrogen (secondary N) is 1. The first kappa shape index (κ1) is 11.1. The molecule has 16 heavy (non-hydrogen) atoms. The van der Waals surface area contributed by atoms with E-state index < -0.39 is 5.92 Å². The quantitative estimate of drug-likeness (QED) is 0.609. The number of carbonyl (C=O) groups excluding carboxylic acids is 2. The molecule has 2 rings (SSSR count). The van der Waals surface area contributed by atoms with Crippen LogP contribution in [-0.4, -0.2) is 35.8 Å². The Balaban J connectivity index is 2.11. The molecule has 2 heterocycles. The van der Waals surface area contributed by atoms with E-state index in [1.807, 2.05) is 4.90 Å². The summed E-state index contributed by atoms with van der Waals surface area (Å²) in [6.07, 6.45) is 4.61. The zero-order valence-corrected chi connectivity index (χ0v) is 9.53.